The van der Waals surface area contributed by atoms with Crippen molar-refractivity contribution < 1.29 is 9.59 Å². The predicted molar refractivity (Wildman–Crippen MR) is 84.2 cm³/mol. The highest BCUT2D eigenvalue weighted by atomic mass is 16.2. The van der Waals surface area contributed by atoms with Crippen molar-refractivity contribution in [1.29, 1.82) is 0 Å². The molecule has 1 aromatic rings. The van der Waals surface area contributed by atoms with Crippen LogP contribution in [-0.2, 0) is 4.79 Å². The lowest BCUT2D eigenvalue weighted by Crippen LogP contribution is -2.39. The van der Waals surface area contributed by atoms with Crippen LogP contribution in [0.2, 0.25) is 0 Å². The first kappa shape index (κ1) is 17.2. The Bertz CT molecular complexity index is 434. The number of nitrogens with one attached hydrogen (secondary N) is 3. The van der Waals surface area contributed by atoms with Crippen molar-refractivity contribution in [3.8, 4) is 0 Å². The molecule has 0 saturated carbocycles. The Kier molecular flexibility index (Phi) is 8.12. The van der Waals surface area contributed by atoms with Gasteiger partial charge in [-0.3, -0.25) is 9.59 Å². The lowest BCUT2D eigenvalue weighted by Gasteiger charge is -2.14. The van der Waals surface area contributed by atoms with Crippen LogP contribution in [-0.4, -0.2) is 37.5 Å². The second kappa shape index (κ2) is 9.94. The molecule has 0 aliphatic heterocycles. The van der Waals surface area contributed by atoms with E-state index in [1.165, 1.54) is 0 Å². The Morgan fingerprint density at radius 2 is 1.81 bits per heavy atom. The zero-order valence-corrected chi connectivity index (χ0v) is 12.8. The summed E-state index contributed by atoms with van der Waals surface area (Å²) < 4.78 is 0. The minimum Gasteiger partial charge on any atom is -0.355 e. The average molecular weight is 291 g/mol. The van der Waals surface area contributed by atoms with Gasteiger partial charge in [-0.05, 0) is 32.0 Å². The molecule has 1 unspecified atom stereocenters. The molecule has 5 nitrogen and oxygen atoms in total. The number of hydrogen-bond acceptors (Lipinski definition) is 3. The second-order valence-electron chi connectivity index (χ2n) is 5.04. The molecule has 0 heterocycles. The van der Waals surface area contributed by atoms with Crippen LogP contribution in [0.1, 0.15) is 37.0 Å². The molecule has 0 spiro atoms. The molecule has 5 heteroatoms. The Balaban J connectivity index is 2.22. The largest absolute Gasteiger partial charge is 0.355 e. The predicted octanol–water partition coefficient (Wildman–Crippen LogP) is 1.31. The van der Waals surface area contributed by atoms with Gasteiger partial charge in [0.05, 0.1) is 0 Å². The minimum atomic E-state index is -0.193. The SMILES string of the molecule is CCCNCCNC(=O)CC(C)NC(=O)c1ccccc1. The van der Waals surface area contributed by atoms with Gasteiger partial charge in [-0.2, -0.15) is 0 Å². The van der Waals surface area contributed by atoms with Crippen LogP contribution in [0.4, 0.5) is 0 Å². The number of carbonyl (C=O) groups is 2. The van der Waals surface area contributed by atoms with Crippen molar-refractivity contribution in [3.63, 3.8) is 0 Å². The fourth-order valence-electron chi connectivity index (χ4n) is 1.89. The molecule has 0 aliphatic rings. The summed E-state index contributed by atoms with van der Waals surface area (Å²) in [5.41, 5.74) is 0.605. The lowest BCUT2D eigenvalue weighted by molar-refractivity contribution is -0.121. The highest BCUT2D eigenvalue weighted by molar-refractivity contribution is 5.94. The second-order valence-corrected chi connectivity index (χ2v) is 5.04. The van der Waals surface area contributed by atoms with E-state index in [-0.39, 0.29) is 24.3 Å². The Morgan fingerprint density at radius 3 is 2.48 bits per heavy atom. The molecule has 21 heavy (non-hydrogen) atoms. The average Bonchev–Trinajstić information content (AvgIpc) is 2.47. The maximum absolute atomic E-state index is 11.9. The topological polar surface area (TPSA) is 70.2 Å². The van der Waals surface area contributed by atoms with Crippen molar-refractivity contribution in [2.24, 2.45) is 0 Å². The molecule has 0 aromatic heterocycles. The first-order chi connectivity index (χ1) is 10.1. The summed E-state index contributed by atoms with van der Waals surface area (Å²) in [4.78, 5) is 23.6. The molecule has 0 aliphatic carbocycles. The van der Waals surface area contributed by atoms with Crippen molar-refractivity contribution in [1.82, 2.24) is 16.0 Å². The normalized spacial score (nSPS) is 11.7. The van der Waals surface area contributed by atoms with E-state index in [2.05, 4.69) is 22.9 Å². The fourth-order valence-corrected chi connectivity index (χ4v) is 1.89. The summed E-state index contributed by atoms with van der Waals surface area (Å²) in [6.07, 6.45) is 1.36. The quantitative estimate of drug-likeness (QED) is 0.601. The van der Waals surface area contributed by atoms with Crippen LogP contribution in [0.25, 0.3) is 0 Å². The molecule has 0 radical (unpaired) electrons. The summed E-state index contributed by atoms with van der Waals surface area (Å²) in [5.74, 6) is -0.199. The van der Waals surface area contributed by atoms with E-state index in [0.717, 1.165) is 19.5 Å². The van der Waals surface area contributed by atoms with Gasteiger partial charge in [-0.25, -0.2) is 0 Å². The highest BCUT2D eigenvalue weighted by Crippen LogP contribution is 2.00. The lowest BCUT2D eigenvalue weighted by atomic mass is 10.1. The van der Waals surface area contributed by atoms with E-state index in [1.54, 1.807) is 12.1 Å². The Hall–Kier alpha value is -1.88. The molecular formula is C16H25N3O2. The molecule has 1 rings (SSSR count). The van der Waals surface area contributed by atoms with Crippen molar-refractivity contribution in [2.75, 3.05) is 19.6 Å². The van der Waals surface area contributed by atoms with Crippen molar-refractivity contribution in [2.45, 2.75) is 32.7 Å². The van der Waals surface area contributed by atoms with E-state index in [4.69, 9.17) is 0 Å². The molecule has 3 N–H and O–H groups in total. The summed E-state index contributed by atoms with van der Waals surface area (Å²) in [7, 11) is 0. The molecule has 1 aromatic carbocycles. The van der Waals surface area contributed by atoms with Gasteiger partial charge in [0.25, 0.3) is 5.91 Å². The molecule has 116 valence electrons. The van der Waals surface area contributed by atoms with Gasteiger partial charge in [0.2, 0.25) is 5.91 Å². The molecular weight excluding hydrogens is 266 g/mol. The number of rotatable bonds is 9. The van der Waals surface area contributed by atoms with E-state index in [0.29, 0.717) is 12.1 Å². The maximum atomic E-state index is 11.9. The van der Waals surface area contributed by atoms with Gasteiger partial charge in [0, 0.05) is 31.1 Å². The van der Waals surface area contributed by atoms with Gasteiger partial charge in [-0.15, -0.1) is 0 Å². The Morgan fingerprint density at radius 1 is 1.10 bits per heavy atom. The van der Waals surface area contributed by atoms with E-state index < -0.39 is 0 Å². The number of carbonyl (C=O) groups excluding carboxylic acids is 2. The third kappa shape index (κ3) is 7.46. The van der Waals surface area contributed by atoms with Crippen LogP contribution in [0.5, 0.6) is 0 Å². The van der Waals surface area contributed by atoms with Crippen LogP contribution in [0.3, 0.4) is 0 Å². The van der Waals surface area contributed by atoms with Crippen molar-refractivity contribution in [3.05, 3.63) is 35.9 Å². The van der Waals surface area contributed by atoms with E-state index >= 15 is 0 Å². The van der Waals surface area contributed by atoms with Crippen LogP contribution in [0.15, 0.2) is 30.3 Å². The number of benzene rings is 1. The standard InChI is InChI=1S/C16H25N3O2/c1-3-9-17-10-11-18-15(20)12-13(2)19-16(21)14-7-5-4-6-8-14/h4-8,13,17H,3,9-12H2,1-2H3,(H,18,20)(H,19,21). The zero-order valence-electron chi connectivity index (χ0n) is 12.8. The molecule has 0 fully saturated rings. The molecule has 0 saturated heterocycles. The van der Waals surface area contributed by atoms with Crippen molar-refractivity contribution >= 4 is 11.8 Å². The third-order valence-corrected chi connectivity index (χ3v) is 2.96. The summed E-state index contributed by atoms with van der Waals surface area (Å²) in [5, 5.41) is 8.87. The van der Waals surface area contributed by atoms with Gasteiger partial charge >= 0.3 is 0 Å². The minimum absolute atomic E-state index is 0.0471. The molecule has 2 amide bonds. The molecule has 0 bridgehead atoms. The summed E-state index contributed by atoms with van der Waals surface area (Å²) >= 11 is 0. The van der Waals surface area contributed by atoms with Gasteiger partial charge in [0.15, 0.2) is 0 Å². The van der Waals surface area contributed by atoms with Gasteiger partial charge < -0.3 is 16.0 Å². The van der Waals surface area contributed by atoms with Crippen LogP contribution < -0.4 is 16.0 Å². The first-order valence-electron chi connectivity index (χ1n) is 7.46. The number of hydrogen-bond donors (Lipinski definition) is 3. The van der Waals surface area contributed by atoms with Gasteiger partial charge in [0.1, 0.15) is 0 Å². The summed E-state index contributed by atoms with van der Waals surface area (Å²) in [6, 6.07) is 8.80. The monoisotopic (exact) mass is 291 g/mol. The highest BCUT2D eigenvalue weighted by Gasteiger charge is 2.12. The molecule has 1 atom stereocenters. The smallest absolute Gasteiger partial charge is 0.251 e. The van der Waals surface area contributed by atoms with Crippen LogP contribution >= 0.6 is 0 Å². The zero-order chi connectivity index (χ0) is 15.5. The van der Waals surface area contributed by atoms with E-state index in [1.807, 2.05) is 25.1 Å². The maximum Gasteiger partial charge on any atom is 0.251 e. The summed E-state index contributed by atoms with van der Waals surface area (Å²) in [6.45, 7) is 6.26. The number of amides is 2. The van der Waals surface area contributed by atoms with E-state index in [9.17, 15) is 9.59 Å². The fraction of sp³-hybridized carbons (Fsp3) is 0.500. The van der Waals surface area contributed by atoms with Crippen LogP contribution in [0, 0.1) is 0 Å². The van der Waals surface area contributed by atoms with Gasteiger partial charge in [-0.1, -0.05) is 25.1 Å². The third-order valence-electron chi connectivity index (χ3n) is 2.96. The first-order valence-corrected chi connectivity index (χ1v) is 7.46. The Labute approximate surface area is 126 Å².